The van der Waals surface area contributed by atoms with Crippen molar-refractivity contribution in [3.8, 4) is 11.8 Å². The fourth-order valence-electron chi connectivity index (χ4n) is 0.986. The van der Waals surface area contributed by atoms with E-state index in [9.17, 15) is 4.79 Å². The predicted molar refractivity (Wildman–Crippen MR) is 68.5 cm³/mol. The second kappa shape index (κ2) is 6.62. The Hall–Kier alpha value is -1.06. The van der Waals surface area contributed by atoms with E-state index in [2.05, 4.69) is 31.9 Å². The van der Waals surface area contributed by atoms with Crippen LogP contribution in [0.5, 0.6) is 5.75 Å². The van der Waals surface area contributed by atoms with E-state index in [0.29, 0.717) is 5.75 Å². The van der Waals surface area contributed by atoms with E-state index in [-0.39, 0.29) is 6.61 Å². The molecule has 0 N–H and O–H groups in total. The van der Waals surface area contributed by atoms with Gasteiger partial charge in [0.05, 0.1) is 4.47 Å². The van der Waals surface area contributed by atoms with Crippen LogP contribution in [0, 0.1) is 11.3 Å². The highest BCUT2D eigenvalue weighted by Gasteiger charge is 2.10. The van der Waals surface area contributed by atoms with Gasteiger partial charge in [0, 0.05) is 4.47 Å². The minimum absolute atomic E-state index is 0.230. The molecule has 6 heteroatoms. The molecule has 0 aliphatic rings. The quantitative estimate of drug-likeness (QED) is 0.772. The lowest BCUT2D eigenvalue weighted by Crippen LogP contribution is -2.19. The van der Waals surface area contributed by atoms with Gasteiger partial charge in [-0.25, -0.2) is 4.79 Å². The largest absolute Gasteiger partial charge is 0.481 e. The van der Waals surface area contributed by atoms with Crippen molar-refractivity contribution in [2.45, 2.75) is 13.0 Å². The van der Waals surface area contributed by atoms with Gasteiger partial charge in [-0.05, 0) is 41.1 Å². The number of hydrogen-bond acceptors (Lipinski definition) is 4. The molecule has 0 radical (unpaired) electrons. The number of halogens is 2. The highest BCUT2D eigenvalue weighted by atomic mass is 79.9. The Morgan fingerprint density at radius 2 is 2.24 bits per heavy atom. The number of hydrogen-bond donors (Lipinski definition) is 0. The summed E-state index contributed by atoms with van der Waals surface area (Å²) in [5.41, 5.74) is 0. The Morgan fingerprint density at radius 3 is 2.82 bits per heavy atom. The Morgan fingerprint density at radius 1 is 1.53 bits per heavy atom. The Kier molecular flexibility index (Phi) is 5.45. The summed E-state index contributed by atoms with van der Waals surface area (Å²) in [4.78, 5) is 11.2. The Labute approximate surface area is 116 Å². The molecular formula is C11H9Br2NO3. The van der Waals surface area contributed by atoms with Gasteiger partial charge in [-0.15, -0.1) is 0 Å². The van der Waals surface area contributed by atoms with Crippen LogP contribution < -0.4 is 4.74 Å². The molecule has 1 aromatic rings. The number of benzene rings is 1. The molecule has 0 aliphatic heterocycles. The van der Waals surface area contributed by atoms with E-state index in [1.807, 2.05) is 0 Å². The van der Waals surface area contributed by atoms with Gasteiger partial charge in [0.2, 0.25) is 0 Å². The van der Waals surface area contributed by atoms with Crippen molar-refractivity contribution in [2.75, 3.05) is 6.61 Å². The van der Waals surface area contributed by atoms with Crippen molar-refractivity contribution in [3.63, 3.8) is 0 Å². The summed E-state index contributed by atoms with van der Waals surface area (Å²) < 4.78 is 11.6. The van der Waals surface area contributed by atoms with Crippen molar-refractivity contribution in [1.82, 2.24) is 0 Å². The number of carbonyl (C=O) groups excluding carboxylic acids is 1. The highest BCUT2D eigenvalue weighted by molar-refractivity contribution is 9.11. The maximum atomic E-state index is 11.2. The van der Waals surface area contributed by atoms with Gasteiger partial charge in [-0.3, -0.25) is 0 Å². The monoisotopic (exact) mass is 361 g/mol. The van der Waals surface area contributed by atoms with Crippen LogP contribution in [0.25, 0.3) is 0 Å². The van der Waals surface area contributed by atoms with E-state index in [1.165, 1.54) is 6.92 Å². The highest BCUT2D eigenvalue weighted by Crippen LogP contribution is 2.28. The molecule has 0 spiro atoms. The molecule has 90 valence electrons. The van der Waals surface area contributed by atoms with Crippen LogP contribution in [0.2, 0.25) is 0 Å². The topological polar surface area (TPSA) is 59.3 Å². The molecule has 17 heavy (non-hydrogen) atoms. The van der Waals surface area contributed by atoms with Crippen LogP contribution in [0.4, 0.5) is 0 Å². The van der Waals surface area contributed by atoms with Gasteiger partial charge in [-0.2, -0.15) is 5.26 Å². The predicted octanol–water partition coefficient (Wildman–Crippen LogP) is 3.05. The van der Waals surface area contributed by atoms with Gasteiger partial charge in [0.25, 0.3) is 0 Å². The van der Waals surface area contributed by atoms with E-state index in [1.54, 1.807) is 24.3 Å². The summed E-state index contributed by atoms with van der Waals surface area (Å²) >= 11 is 6.61. The Balaban J connectivity index is 2.51. The lowest BCUT2D eigenvalue weighted by molar-refractivity contribution is -0.148. The van der Waals surface area contributed by atoms with Crippen molar-refractivity contribution in [1.29, 1.82) is 5.26 Å². The van der Waals surface area contributed by atoms with Crippen molar-refractivity contribution >= 4 is 37.8 Å². The van der Waals surface area contributed by atoms with Crippen LogP contribution in [0.1, 0.15) is 6.92 Å². The minimum atomic E-state index is -0.764. The lowest BCUT2D eigenvalue weighted by Gasteiger charge is -2.09. The van der Waals surface area contributed by atoms with Crippen LogP contribution in [-0.4, -0.2) is 18.7 Å². The molecule has 0 aliphatic carbocycles. The molecule has 0 unspecified atom stereocenters. The molecule has 0 amide bonds. The van der Waals surface area contributed by atoms with Gasteiger partial charge >= 0.3 is 5.97 Å². The number of carbonyl (C=O) groups is 1. The first-order chi connectivity index (χ1) is 8.02. The summed E-state index contributed by atoms with van der Waals surface area (Å²) in [6, 6.07) is 7.12. The fraction of sp³-hybridized carbons (Fsp3) is 0.273. The molecule has 0 heterocycles. The minimum Gasteiger partial charge on any atom is -0.481 e. The third kappa shape index (κ3) is 4.75. The molecule has 4 nitrogen and oxygen atoms in total. The molecule has 0 saturated heterocycles. The summed E-state index contributed by atoms with van der Waals surface area (Å²) in [7, 11) is 0. The number of ether oxygens (including phenoxy) is 2. The van der Waals surface area contributed by atoms with Crippen molar-refractivity contribution in [2.24, 2.45) is 0 Å². The first kappa shape index (κ1) is 14.0. The standard InChI is InChI=1S/C11H9Br2NO3/c1-7(5-14)17-11(15)6-16-10-3-2-8(12)4-9(10)13/h2-4,7H,6H2,1H3/t7-/m0/s1. The molecule has 1 rings (SSSR count). The van der Waals surface area contributed by atoms with Gasteiger partial charge in [0.15, 0.2) is 12.7 Å². The van der Waals surface area contributed by atoms with Crippen molar-refractivity contribution in [3.05, 3.63) is 27.1 Å². The number of nitrogens with zero attached hydrogens (tertiary/aromatic N) is 1. The maximum absolute atomic E-state index is 11.2. The first-order valence-corrected chi connectivity index (χ1v) is 6.28. The molecule has 0 saturated carbocycles. The van der Waals surface area contributed by atoms with Gasteiger partial charge < -0.3 is 9.47 Å². The maximum Gasteiger partial charge on any atom is 0.345 e. The molecule has 0 aromatic heterocycles. The zero-order valence-electron chi connectivity index (χ0n) is 8.94. The lowest BCUT2D eigenvalue weighted by atomic mass is 10.3. The first-order valence-electron chi connectivity index (χ1n) is 4.70. The molecule has 1 aromatic carbocycles. The van der Waals surface area contributed by atoms with Crippen LogP contribution in [0.3, 0.4) is 0 Å². The summed E-state index contributed by atoms with van der Waals surface area (Å²) in [5.74, 6) is -0.0383. The zero-order chi connectivity index (χ0) is 12.8. The normalized spacial score (nSPS) is 11.4. The SMILES string of the molecule is C[C@@H](C#N)OC(=O)COc1ccc(Br)cc1Br. The van der Waals surface area contributed by atoms with E-state index >= 15 is 0 Å². The fourth-order valence-corrected chi connectivity index (χ4v) is 2.15. The van der Waals surface area contributed by atoms with E-state index in [4.69, 9.17) is 14.7 Å². The van der Waals surface area contributed by atoms with Crippen LogP contribution in [-0.2, 0) is 9.53 Å². The summed E-state index contributed by atoms with van der Waals surface area (Å²) in [5, 5.41) is 8.46. The van der Waals surface area contributed by atoms with Crippen molar-refractivity contribution < 1.29 is 14.3 Å². The molecule has 0 bridgehead atoms. The van der Waals surface area contributed by atoms with Gasteiger partial charge in [-0.1, -0.05) is 15.9 Å². The Bertz CT molecular complexity index is 457. The van der Waals surface area contributed by atoms with Gasteiger partial charge in [0.1, 0.15) is 11.8 Å². The molecule has 0 fully saturated rings. The second-order valence-electron chi connectivity index (χ2n) is 3.12. The summed E-state index contributed by atoms with van der Waals surface area (Å²) in [6.45, 7) is 1.26. The van der Waals surface area contributed by atoms with Crippen LogP contribution in [0.15, 0.2) is 27.1 Å². The van der Waals surface area contributed by atoms with E-state index in [0.717, 1.165) is 8.95 Å². The smallest absolute Gasteiger partial charge is 0.345 e. The molecular weight excluding hydrogens is 354 g/mol. The van der Waals surface area contributed by atoms with E-state index < -0.39 is 12.1 Å². The number of nitriles is 1. The molecule has 1 atom stereocenters. The second-order valence-corrected chi connectivity index (χ2v) is 4.89. The van der Waals surface area contributed by atoms with Crippen LogP contribution >= 0.6 is 31.9 Å². The number of esters is 1. The number of rotatable bonds is 4. The third-order valence-corrected chi connectivity index (χ3v) is 2.84. The zero-order valence-corrected chi connectivity index (χ0v) is 12.1. The average molecular weight is 363 g/mol. The average Bonchev–Trinajstić information content (AvgIpc) is 2.27. The summed E-state index contributed by atoms with van der Waals surface area (Å²) in [6.07, 6.45) is -0.764. The third-order valence-electron chi connectivity index (χ3n) is 1.73.